The van der Waals surface area contributed by atoms with Crippen molar-refractivity contribution in [3.63, 3.8) is 0 Å². The zero-order valence-electron chi connectivity index (χ0n) is 19.7. The molecule has 8 nitrogen and oxygen atoms in total. The van der Waals surface area contributed by atoms with Gasteiger partial charge >= 0.3 is 12.2 Å². The van der Waals surface area contributed by atoms with Gasteiger partial charge < -0.3 is 14.8 Å². The summed E-state index contributed by atoms with van der Waals surface area (Å²) in [5.41, 5.74) is 1.44. The second-order valence-corrected chi connectivity index (χ2v) is 10.1. The number of amides is 3. The molecule has 32 heavy (non-hydrogen) atoms. The second-order valence-electron chi connectivity index (χ2n) is 10.1. The number of fused-ring (bicyclic) bond motifs is 3. The van der Waals surface area contributed by atoms with Crippen LogP contribution < -0.4 is 5.32 Å². The average Bonchev–Trinajstić information content (AvgIpc) is 3.00. The summed E-state index contributed by atoms with van der Waals surface area (Å²) in [6.45, 7) is 13.2. The first-order chi connectivity index (χ1) is 14.8. The van der Waals surface area contributed by atoms with Crippen LogP contribution in [0.1, 0.15) is 75.9 Å². The lowest BCUT2D eigenvalue weighted by Gasteiger charge is -2.23. The molecule has 0 fully saturated rings. The van der Waals surface area contributed by atoms with Gasteiger partial charge in [-0.3, -0.25) is 9.78 Å². The van der Waals surface area contributed by atoms with Crippen molar-refractivity contribution in [3.8, 4) is 0 Å². The van der Waals surface area contributed by atoms with Crippen LogP contribution in [0.2, 0.25) is 0 Å². The molecule has 1 atom stereocenters. The van der Waals surface area contributed by atoms with Gasteiger partial charge in [-0.2, -0.15) is 0 Å². The van der Waals surface area contributed by atoms with E-state index in [1.165, 1.54) is 0 Å². The minimum atomic E-state index is -0.698. The molecule has 1 aliphatic rings. The van der Waals surface area contributed by atoms with Gasteiger partial charge in [0.1, 0.15) is 11.2 Å². The fraction of sp³-hybridized carbons (Fsp3) is 0.500. The maximum Gasteiger partial charge on any atom is 0.417 e. The van der Waals surface area contributed by atoms with E-state index in [1.807, 2.05) is 45.9 Å². The van der Waals surface area contributed by atoms with Crippen molar-refractivity contribution >= 4 is 29.0 Å². The number of hydrogen-bond donors (Lipinski definition) is 1. The van der Waals surface area contributed by atoms with Crippen LogP contribution in [-0.4, -0.2) is 45.7 Å². The number of aromatic nitrogens is 1. The van der Waals surface area contributed by atoms with Crippen LogP contribution >= 0.6 is 0 Å². The zero-order valence-corrected chi connectivity index (χ0v) is 19.7. The van der Waals surface area contributed by atoms with Crippen molar-refractivity contribution in [2.24, 2.45) is 0 Å². The number of imide groups is 1. The number of carbonyl (C=O) groups excluding carboxylic acids is 3. The van der Waals surface area contributed by atoms with Crippen molar-refractivity contribution < 1.29 is 23.9 Å². The molecule has 0 saturated heterocycles. The molecule has 1 N–H and O–H groups in total. The first kappa shape index (κ1) is 23.5. The van der Waals surface area contributed by atoms with E-state index >= 15 is 0 Å². The predicted octanol–water partition coefficient (Wildman–Crippen LogP) is 4.75. The van der Waals surface area contributed by atoms with E-state index in [2.05, 4.69) is 10.3 Å². The third-order valence-electron chi connectivity index (χ3n) is 4.89. The van der Waals surface area contributed by atoms with Gasteiger partial charge in [-0.1, -0.05) is 25.1 Å². The minimum Gasteiger partial charge on any atom is -0.444 e. The number of carbonyl (C=O) groups is 3. The smallest absolute Gasteiger partial charge is 0.417 e. The third kappa shape index (κ3) is 5.18. The fourth-order valence-electron chi connectivity index (χ4n) is 3.56. The highest BCUT2D eigenvalue weighted by Crippen LogP contribution is 2.33. The largest absolute Gasteiger partial charge is 0.444 e. The zero-order chi connectivity index (χ0) is 23.8. The second kappa shape index (κ2) is 8.41. The maximum absolute atomic E-state index is 13.1. The van der Waals surface area contributed by atoms with E-state index in [0.717, 1.165) is 10.5 Å². The van der Waals surface area contributed by atoms with Crippen molar-refractivity contribution in [2.45, 2.75) is 72.1 Å². The van der Waals surface area contributed by atoms with Crippen LogP contribution in [0.4, 0.5) is 9.59 Å². The monoisotopic (exact) mass is 441 g/mol. The SMILES string of the molecule is CC(CNC(=O)OC(C)(C)C)c1cccc2c3c(cnc12)CN(C(=O)OC(C)(C)C)C3=O. The molecule has 0 saturated carbocycles. The van der Waals surface area contributed by atoms with E-state index in [-0.39, 0.29) is 12.5 Å². The molecular formula is C24H31N3O5. The van der Waals surface area contributed by atoms with Crippen LogP contribution in [0.3, 0.4) is 0 Å². The van der Waals surface area contributed by atoms with Gasteiger partial charge in [0, 0.05) is 29.6 Å². The standard InChI is InChI=1S/C24H31N3O5/c1-14(11-26-21(29)31-23(2,3)4)16-9-8-10-17-18-15(12-25-19(16)17)13-27(20(18)28)22(30)32-24(5,6)7/h8-10,12,14H,11,13H2,1-7H3,(H,26,29). The Labute approximate surface area is 188 Å². The number of nitrogens with one attached hydrogen (secondary N) is 1. The predicted molar refractivity (Wildman–Crippen MR) is 121 cm³/mol. The van der Waals surface area contributed by atoms with Crippen LogP contribution in [0.5, 0.6) is 0 Å². The van der Waals surface area contributed by atoms with E-state index in [0.29, 0.717) is 28.6 Å². The Hall–Kier alpha value is -3.16. The quantitative estimate of drug-likeness (QED) is 0.738. The summed E-state index contributed by atoms with van der Waals surface area (Å²) in [4.78, 5) is 43.3. The van der Waals surface area contributed by atoms with Gasteiger partial charge in [-0.05, 0) is 47.1 Å². The molecule has 0 bridgehead atoms. The molecule has 2 heterocycles. The van der Waals surface area contributed by atoms with Gasteiger partial charge in [0.15, 0.2) is 0 Å². The van der Waals surface area contributed by atoms with E-state index < -0.39 is 29.3 Å². The molecule has 1 aromatic heterocycles. The van der Waals surface area contributed by atoms with Crippen LogP contribution in [0, 0.1) is 0 Å². The lowest BCUT2D eigenvalue weighted by Crippen LogP contribution is -2.36. The summed E-state index contributed by atoms with van der Waals surface area (Å²) < 4.78 is 10.7. The Balaban J connectivity index is 1.85. The van der Waals surface area contributed by atoms with Crippen LogP contribution in [-0.2, 0) is 16.0 Å². The minimum absolute atomic E-state index is 0.0739. The van der Waals surface area contributed by atoms with Crippen molar-refractivity contribution in [3.05, 3.63) is 41.1 Å². The van der Waals surface area contributed by atoms with Gasteiger partial charge in [-0.15, -0.1) is 0 Å². The van der Waals surface area contributed by atoms with Crippen molar-refractivity contribution in [2.75, 3.05) is 6.54 Å². The van der Waals surface area contributed by atoms with E-state index in [4.69, 9.17) is 9.47 Å². The first-order valence-corrected chi connectivity index (χ1v) is 10.7. The summed E-state index contributed by atoms with van der Waals surface area (Å²) in [7, 11) is 0. The Kier molecular flexibility index (Phi) is 6.18. The molecule has 0 radical (unpaired) electrons. The molecule has 8 heteroatoms. The number of nitrogens with zero attached hydrogens (tertiary/aromatic N) is 2. The highest BCUT2D eigenvalue weighted by atomic mass is 16.6. The summed E-state index contributed by atoms with van der Waals surface area (Å²) in [6.07, 6.45) is 0.483. The lowest BCUT2D eigenvalue weighted by molar-refractivity contribution is 0.0247. The van der Waals surface area contributed by atoms with Crippen LogP contribution in [0.15, 0.2) is 24.4 Å². The number of hydrogen-bond acceptors (Lipinski definition) is 6. The van der Waals surface area contributed by atoms with Crippen LogP contribution in [0.25, 0.3) is 10.9 Å². The number of para-hydroxylation sites is 1. The highest BCUT2D eigenvalue weighted by Gasteiger charge is 2.37. The molecule has 0 spiro atoms. The summed E-state index contributed by atoms with van der Waals surface area (Å²) in [5.74, 6) is -0.464. The van der Waals surface area contributed by atoms with Gasteiger partial charge in [0.05, 0.1) is 17.6 Å². The maximum atomic E-state index is 13.1. The molecule has 172 valence electrons. The summed E-state index contributed by atoms with van der Waals surface area (Å²) >= 11 is 0. The molecule has 1 aliphatic heterocycles. The molecule has 1 aromatic carbocycles. The molecule has 1 unspecified atom stereocenters. The Bertz CT molecular complexity index is 1070. The van der Waals surface area contributed by atoms with Gasteiger partial charge in [-0.25, -0.2) is 14.5 Å². The molecule has 0 aliphatic carbocycles. The van der Waals surface area contributed by atoms with Gasteiger partial charge in [0.2, 0.25) is 0 Å². The summed E-state index contributed by atoms with van der Waals surface area (Å²) in [6, 6.07) is 5.61. The average molecular weight is 442 g/mol. The number of benzene rings is 1. The molecular weight excluding hydrogens is 410 g/mol. The number of pyridine rings is 1. The Morgan fingerprint density at radius 1 is 1.12 bits per heavy atom. The number of ether oxygens (including phenoxy) is 2. The number of alkyl carbamates (subject to hydrolysis) is 1. The van der Waals surface area contributed by atoms with E-state index in [9.17, 15) is 14.4 Å². The van der Waals surface area contributed by atoms with Crippen molar-refractivity contribution in [1.29, 1.82) is 0 Å². The topological polar surface area (TPSA) is 97.8 Å². The highest BCUT2D eigenvalue weighted by molar-refractivity contribution is 6.14. The normalized spacial score (nSPS) is 14.8. The summed E-state index contributed by atoms with van der Waals surface area (Å²) in [5, 5.41) is 3.46. The Morgan fingerprint density at radius 3 is 2.41 bits per heavy atom. The molecule has 3 amide bonds. The van der Waals surface area contributed by atoms with E-state index in [1.54, 1.807) is 27.0 Å². The lowest BCUT2D eigenvalue weighted by atomic mass is 9.95. The fourth-order valence-corrected chi connectivity index (χ4v) is 3.56. The van der Waals surface area contributed by atoms with Gasteiger partial charge in [0.25, 0.3) is 5.91 Å². The number of rotatable bonds is 3. The Morgan fingerprint density at radius 2 is 1.78 bits per heavy atom. The third-order valence-corrected chi connectivity index (χ3v) is 4.89. The molecule has 3 rings (SSSR count). The van der Waals surface area contributed by atoms with Crippen molar-refractivity contribution in [1.82, 2.24) is 15.2 Å². The first-order valence-electron chi connectivity index (χ1n) is 10.7. The molecule has 2 aromatic rings.